The predicted octanol–water partition coefficient (Wildman–Crippen LogP) is 2.25. The summed E-state index contributed by atoms with van der Waals surface area (Å²) >= 11 is 0. The fourth-order valence-corrected chi connectivity index (χ4v) is 2.57. The van der Waals surface area contributed by atoms with Crippen LogP contribution >= 0.6 is 0 Å². The quantitative estimate of drug-likeness (QED) is 0.897. The molecular weight excluding hydrogens is 224 g/mol. The normalized spacial score (nSPS) is 14.3. The first-order chi connectivity index (χ1) is 8.86. The molecule has 1 aliphatic carbocycles. The third-order valence-electron chi connectivity index (χ3n) is 3.54. The van der Waals surface area contributed by atoms with Gasteiger partial charge in [-0.3, -0.25) is 0 Å². The second-order valence-electron chi connectivity index (χ2n) is 4.77. The number of pyridine rings is 1. The molecule has 0 aliphatic heterocycles. The molecule has 1 N–H and O–H groups in total. The van der Waals surface area contributed by atoms with Crippen molar-refractivity contribution >= 4 is 5.82 Å². The Kier molecular flexibility index (Phi) is 3.00. The average molecular weight is 242 g/mol. The largest absolute Gasteiger partial charge is 0.373 e. The van der Waals surface area contributed by atoms with Gasteiger partial charge in [0.15, 0.2) is 0 Å². The van der Waals surface area contributed by atoms with Crippen LogP contribution in [-0.4, -0.2) is 21.6 Å². The van der Waals surface area contributed by atoms with E-state index in [1.165, 1.54) is 36.2 Å². The van der Waals surface area contributed by atoms with Gasteiger partial charge >= 0.3 is 0 Å². The van der Waals surface area contributed by atoms with Crippen LogP contribution in [0.15, 0.2) is 24.7 Å². The van der Waals surface area contributed by atoms with Crippen LogP contribution in [0.2, 0.25) is 0 Å². The number of aromatic nitrogens is 3. The van der Waals surface area contributed by atoms with Crippen molar-refractivity contribution in [2.45, 2.75) is 32.2 Å². The molecule has 0 amide bonds. The van der Waals surface area contributed by atoms with Crippen LogP contribution < -0.4 is 5.32 Å². The van der Waals surface area contributed by atoms with Gasteiger partial charge in [0.05, 0.1) is 12.0 Å². The monoisotopic (exact) mass is 242 g/mol. The molecular formula is C14H18N4. The van der Waals surface area contributed by atoms with Crippen LogP contribution in [0.3, 0.4) is 0 Å². The molecule has 18 heavy (non-hydrogen) atoms. The maximum atomic E-state index is 4.53. The lowest BCUT2D eigenvalue weighted by Crippen LogP contribution is -2.09. The van der Waals surface area contributed by atoms with Crippen LogP contribution in [-0.2, 0) is 19.4 Å². The second-order valence-corrected chi connectivity index (χ2v) is 4.77. The van der Waals surface area contributed by atoms with E-state index in [4.69, 9.17) is 0 Å². The van der Waals surface area contributed by atoms with E-state index < -0.39 is 0 Å². The van der Waals surface area contributed by atoms with Gasteiger partial charge in [-0.15, -0.1) is 0 Å². The van der Waals surface area contributed by atoms with Crippen molar-refractivity contribution in [1.82, 2.24) is 14.5 Å². The number of nitrogens with one attached hydrogen (secondary N) is 1. The average Bonchev–Trinajstić information content (AvgIpc) is 2.83. The summed E-state index contributed by atoms with van der Waals surface area (Å²) in [5, 5.41) is 3.07. The predicted molar refractivity (Wildman–Crippen MR) is 71.8 cm³/mol. The zero-order valence-electron chi connectivity index (χ0n) is 10.7. The molecule has 3 rings (SSSR count). The zero-order chi connectivity index (χ0) is 12.4. The van der Waals surface area contributed by atoms with Gasteiger partial charge in [-0.05, 0) is 43.4 Å². The summed E-state index contributed by atoms with van der Waals surface area (Å²) in [6.45, 7) is 0.888. The Labute approximate surface area is 107 Å². The lowest BCUT2D eigenvalue weighted by molar-refractivity contribution is 0.628. The summed E-state index contributed by atoms with van der Waals surface area (Å²) in [6.07, 6.45) is 8.71. The fraction of sp³-hybridized carbons (Fsp3) is 0.429. The van der Waals surface area contributed by atoms with Crippen LogP contribution in [0.1, 0.15) is 29.8 Å². The van der Waals surface area contributed by atoms with Crippen molar-refractivity contribution in [3.63, 3.8) is 0 Å². The lowest BCUT2D eigenvalue weighted by Gasteiger charge is -2.14. The van der Waals surface area contributed by atoms with E-state index in [9.17, 15) is 0 Å². The summed E-state index contributed by atoms with van der Waals surface area (Å²) in [5.41, 5.74) is 3.98. The fourth-order valence-electron chi connectivity index (χ4n) is 2.57. The van der Waals surface area contributed by atoms with Crippen molar-refractivity contribution < 1.29 is 0 Å². The third-order valence-corrected chi connectivity index (χ3v) is 3.54. The summed E-state index contributed by atoms with van der Waals surface area (Å²) in [4.78, 5) is 8.77. The summed E-state index contributed by atoms with van der Waals surface area (Å²) < 4.78 is 2.28. The second kappa shape index (κ2) is 4.80. The van der Waals surface area contributed by atoms with Gasteiger partial charge in [-0.1, -0.05) is 0 Å². The van der Waals surface area contributed by atoms with E-state index >= 15 is 0 Å². The van der Waals surface area contributed by atoms with E-state index in [0.29, 0.717) is 0 Å². The minimum Gasteiger partial charge on any atom is -0.373 e. The van der Waals surface area contributed by atoms with Crippen molar-refractivity contribution in [3.05, 3.63) is 41.6 Å². The lowest BCUT2D eigenvalue weighted by atomic mass is 10.0. The molecule has 2 aromatic rings. The number of hydrogen-bond acceptors (Lipinski definition) is 3. The number of anilines is 1. The number of rotatable bonds is 3. The van der Waals surface area contributed by atoms with E-state index in [2.05, 4.69) is 32.0 Å². The van der Waals surface area contributed by atoms with Crippen LogP contribution in [0.4, 0.5) is 5.82 Å². The van der Waals surface area contributed by atoms with Crippen molar-refractivity contribution in [2.75, 3.05) is 12.4 Å². The SMILES string of the molecule is CNc1cc(Cn2cnc3c2CCCC3)ccn1. The Hall–Kier alpha value is -1.84. The molecule has 1 aliphatic rings. The van der Waals surface area contributed by atoms with Gasteiger partial charge < -0.3 is 9.88 Å². The minimum absolute atomic E-state index is 0.888. The molecule has 0 bridgehead atoms. The van der Waals surface area contributed by atoms with Crippen molar-refractivity contribution in [3.8, 4) is 0 Å². The first kappa shape index (κ1) is 11.3. The van der Waals surface area contributed by atoms with E-state index in [1.807, 2.05) is 19.6 Å². The number of imidazole rings is 1. The summed E-state index contributed by atoms with van der Waals surface area (Å²) in [6, 6.07) is 4.16. The van der Waals surface area contributed by atoms with Gasteiger partial charge in [-0.25, -0.2) is 9.97 Å². The van der Waals surface area contributed by atoms with Gasteiger partial charge in [-0.2, -0.15) is 0 Å². The zero-order valence-corrected chi connectivity index (χ0v) is 10.7. The van der Waals surface area contributed by atoms with E-state index in [-0.39, 0.29) is 0 Å². The maximum absolute atomic E-state index is 4.53. The van der Waals surface area contributed by atoms with Gasteiger partial charge in [0.2, 0.25) is 0 Å². The highest BCUT2D eigenvalue weighted by Crippen LogP contribution is 2.21. The molecule has 2 aromatic heterocycles. The topological polar surface area (TPSA) is 42.7 Å². The summed E-state index contributed by atoms with van der Waals surface area (Å²) in [5.74, 6) is 0.918. The molecule has 4 heteroatoms. The molecule has 4 nitrogen and oxygen atoms in total. The third kappa shape index (κ3) is 2.10. The van der Waals surface area contributed by atoms with Crippen LogP contribution in [0.5, 0.6) is 0 Å². The molecule has 0 spiro atoms. The highest BCUT2D eigenvalue weighted by molar-refractivity contribution is 5.36. The van der Waals surface area contributed by atoms with Gasteiger partial charge in [0.1, 0.15) is 5.82 Å². The smallest absolute Gasteiger partial charge is 0.125 e. The van der Waals surface area contributed by atoms with Crippen molar-refractivity contribution in [2.24, 2.45) is 0 Å². The number of nitrogens with zero attached hydrogens (tertiary/aromatic N) is 3. The van der Waals surface area contributed by atoms with E-state index in [1.54, 1.807) is 0 Å². The molecule has 0 fully saturated rings. The van der Waals surface area contributed by atoms with Crippen LogP contribution in [0, 0.1) is 0 Å². The number of fused-ring (bicyclic) bond motifs is 1. The Balaban J connectivity index is 1.85. The number of hydrogen-bond donors (Lipinski definition) is 1. The molecule has 0 radical (unpaired) electrons. The highest BCUT2D eigenvalue weighted by atomic mass is 15.1. The molecule has 2 heterocycles. The molecule has 0 aromatic carbocycles. The molecule has 0 atom stereocenters. The van der Waals surface area contributed by atoms with Gasteiger partial charge in [0, 0.05) is 25.5 Å². The first-order valence-electron chi connectivity index (χ1n) is 6.52. The molecule has 0 saturated carbocycles. The Morgan fingerprint density at radius 1 is 1.28 bits per heavy atom. The van der Waals surface area contributed by atoms with E-state index in [0.717, 1.165) is 18.8 Å². The molecule has 94 valence electrons. The standard InChI is InChI=1S/C14H18N4/c1-15-14-8-11(6-7-16-14)9-18-10-17-12-4-2-3-5-13(12)18/h6-8,10H,2-5,9H2,1H3,(H,15,16). The van der Waals surface area contributed by atoms with Gasteiger partial charge in [0.25, 0.3) is 0 Å². The highest BCUT2D eigenvalue weighted by Gasteiger charge is 2.15. The van der Waals surface area contributed by atoms with Crippen molar-refractivity contribution in [1.29, 1.82) is 0 Å². The molecule has 0 saturated heterocycles. The first-order valence-corrected chi connectivity index (χ1v) is 6.52. The Morgan fingerprint density at radius 3 is 3.06 bits per heavy atom. The summed E-state index contributed by atoms with van der Waals surface area (Å²) in [7, 11) is 1.89. The minimum atomic E-state index is 0.888. The number of aryl methyl sites for hydroxylation is 1. The Morgan fingerprint density at radius 2 is 2.17 bits per heavy atom. The molecule has 0 unspecified atom stereocenters. The van der Waals surface area contributed by atoms with Crippen LogP contribution in [0.25, 0.3) is 0 Å². The Bertz CT molecular complexity index is 544. The maximum Gasteiger partial charge on any atom is 0.125 e.